The number of carbonyl (C=O) groups excluding carboxylic acids is 3. The smallest absolute Gasteiger partial charge is 0.411 e. The molecule has 2 aliphatic heterocycles. The largest absolute Gasteiger partial charge is 0.453 e. The second-order valence-corrected chi connectivity index (χ2v) is 9.49. The lowest BCUT2D eigenvalue weighted by Crippen LogP contribution is -2.47. The van der Waals surface area contributed by atoms with Gasteiger partial charge in [0.1, 0.15) is 11.7 Å². The van der Waals surface area contributed by atoms with E-state index in [2.05, 4.69) is 20.3 Å². The fraction of sp³-hybridized carbons (Fsp3) is 0.241. The van der Waals surface area contributed by atoms with Crippen LogP contribution in [0.25, 0.3) is 0 Å². The molecular formula is C29H28FN5O4. The number of rotatable bonds is 5. The van der Waals surface area contributed by atoms with Crippen molar-refractivity contribution in [3.05, 3.63) is 89.2 Å². The Balaban J connectivity index is 1.48. The minimum absolute atomic E-state index is 0.0290. The summed E-state index contributed by atoms with van der Waals surface area (Å²) >= 11 is 0. The molecule has 0 aliphatic carbocycles. The first-order valence-corrected chi connectivity index (χ1v) is 12.5. The van der Waals surface area contributed by atoms with Crippen molar-refractivity contribution < 1.29 is 23.5 Å². The summed E-state index contributed by atoms with van der Waals surface area (Å²) < 4.78 is 18.5. The summed E-state index contributed by atoms with van der Waals surface area (Å²) in [6.07, 6.45) is -0.603. The molecule has 5 rings (SSSR count). The van der Waals surface area contributed by atoms with Crippen LogP contribution in [0.5, 0.6) is 0 Å². The second kappa shape index (κ2) is 11.0. The number of nitrogens with one attached hydrogen (secondary N) is 2. The van der Waals surface area contributed by atoms with E-state index in [1.54, 1.807) is 54.6 Å². The number of nitrogens with zero attached hydrogens (tertiary/aromatic N) is 3. The molecule has 39 heavy (non-hydrogen) atoms. The van der Waals surface area contributed by atoms with Crippen molar-refractivity contribution in [2.24, 2.45) is 4.99 Å². The van der Waals surface area contributed by atoms with Gasteiger partial charge in [-0.2, -0.15) is 0 Å². The molecule has 2 aliphatic rings. The van der Waals surface area contributed by atoms with E-state index < -0.39 is 17.8 Å². The van der Waals surface area contributed by atoms with Gasteiger partial charge >= 0.3 is 6.09 Å². The van der Waals surface area contributed by atoms with Crippen LogP contribution in [-0.2, 0) is 9.53 Å². The number of methoxy groups -OCH3 is 1. The van der Waals surface area contributed by atoms with E-state index in [0.29, 0.717) is 52.6 Å². The van der Waals surface area contributed by atoms with Gasteiger partial charge in [-0.1, -0.05) is 18.2 Å². The summed E-state index contributed by atoms with van der Waals surface area (Å²) in [7, 11) is 3.31. The fourth-order valence-corrected chi connectivity index (χ4v) is 4.70. The summed E-state index contributed by atoms with van der Waals surface area (Å²) in [5, 5.41) is 5.34. The van der Waals surface area contributed by atoms with Crippen LogP contribution in [-0.4, -0.2) is 73.8 Å². The second-order valence-electron chi connectivity index (χ2n) is 9.49. The number of halogens is 1. The predicted molar refractivity (Wildman–Crippen MR) is 146 cm³/mol. The van der Waals surface area contributed by atoms with E-state index in [9.17, 15) is 18.8 Å². The molecule has 9 nitrogen and oxygen atoms in total. The lowest BCUT2D eigenvalue weighted by Gasteiger charge is -2.32. The van der Waals surface area contributed by atoms with Gasteiger partial charge in [0.15, 0.2) is 0 Å². The first-order valence-electron chi connectivity index (χ1n) is 12.5. The summed E-state index contributed by atoms with van der Waals surface area (Å²) in [6.45, 7) is 3.02. The Bertz CT molecular complexity index is 1430. The molecule has 10 heteroatoms. The zero-order chi connectivity index (χ0) is 27.5. The third-order valence-electron chi connectivity index (χ3n) is 6.89. The van der Waals surface area contributed by atoms with Crippen LogP contribution < -0.4 is 10.6 Å². The number of piperazine rings is 1. The van der Waals surface area contributed by atoms with E-state index in [1.165, 1.54) is 19.2 Å². The van der Waals surface area contributed by atoms with Crippen LogP contribution in [0.4, 0.5) is 26.2 Å². The topological polar surface area (TPSA) is 103 Å². The molecule has 0 radical (unpaired) electrons. The van der Waals surface area contributed by atoms with Crippen molar-refractivity contribution in [3.63, 3.8) is 0 Å². The Hall–Kier alpha value is -4.57. The average molecular weight is 530 g/mol. The maximum Gasteiger partial charge on any atom is 0.411 e. The highest BCUT2D eigenvalue weighted by Gasteiger charge is 2.35. The molecule has 3 aromatic rings. The summed E-state index contributed by atoms with van der Waals surface area (Å²) in [4.78, 5) is 46.5. The number of carbonyl (C=O) groups is 3. The minimum atomic E-state index is -0.785. The minimum Gasteiger partial charge on any atom is -0.453 e. The number of benzene rings is 3. The molecule has 0 spiro atoms. The van der Waals surface area contributed by atoms with Crippen molar-refractivity contribution in [2.75, 3.05) is 51.0 Å². The van der Waals surface area contributed by atoms with Gasteiger partial charge in [0, 0.05) is 43.1 Å². The van der Waals surface area contributed by atoms with E-state index >= 15 is 0 Å². The van der Waals surface area contributed by atoms with Gasteiger partial charge in [0.25, 0.3) is 5.91 Å². The van der Waals surface area contributed by atoms with Crippen molar-refractivity contribution >= 4 is 40.7 Å². The molecule has 2 heterocycles. The lowest BCUT2D eigenvalue weighted by molar-refractivity contribution is -0.115. The summed E-state index contributed by atoms with van der Waals surface area (Å²) in [5.74, 6) is -1.59. The molecule has 1 unspecified atom stereocenters. The van der Waals surface area contributed by atoms with E-state index in [-0.39, 0.29) is 11.8 Å². The Morgan fingerprint density at radius 1 is 0.974 bits per heavy atom. The summed E-state index contributed by atoms with van der Waals surface area (Å²) in [6, 6.07) is 18.0. The maximum absolute atomic E-state index is 13.9. The molecule has 0 aromatic heterocycles. The highest BCUT2D eigenvalue weighted by molar-refractivity contribution is 6.24. The Kier molecular flexibility index (Phi) is 7.38. The quantitative estimate of drug-likeness (QED) is 0.481. The molecule has 1 atom stereocenters. The van der Waals surface area contributed by atoms with Crippen molar-refractivity contribution in [1.29, 1.82) is 0 Å². The number of amides is 3. The number of aliphatic imine (C=N–C) groups is 1. The van der Waals surface area contributed by atoms with E-state index in [0.717, 1.165) is 13.1 Å². The van der Waals surface area contributed by atoms with E-state index in [4.69, 9.17) is 4.99 Å². The standard InChI is InChI=1S/C29H28FN5O4/c1-34-13-15-35(16-14-34)28(37)19-5-10-21(11-6-19)31-26(18-3-8-22(9-4-18)32-29(38)39-2)25-23-12-7-20(30)17-24(23)33-27(25)36/h3-12,17,25H,13-16H2,1-2H3,(H,32,38)(H,33,36). The number of fused-ring (bicyclic) bond motifs is 1. The first-order chi connectivity index (χ1) is 18.8. The fourth-order valence-electron chi connectivity index (χ4n) is 4.70. The van der Waals surface area contributed by atoms with Gasteiger partial charge in [-0.05, 0) is 66.7 Å². The van der Waals surface area contributed by atoms with Gasteiger partial charge in [0.05, 0.1) is 18.5 Å². The zero-order valence-electron chi connectivity index (χ0n) is 21.6. The zero-order valence-corrected chi connectivity index (χ0v) is 21.6. The van der Waals surface area contributed by atoms with Crippen LogP contribution in [0, 0.1) is 5.82 Å². The Morgan fingerprint density at radius 3 is 2.31 bits per heavy atom. The molecule has 0 bridgehead atoms. The Morgan fingerprint density at radius 2 is 1.64 bits per heavy atom. The number of likely N-dealkylation sites (N-methyl/N-ethyl adjacent to an activating group) is 1. The molecule has 3 amide bonds. The third-order valence-corrected chi connectivity index (χ3v) is 6.89. The molecule has 1 fully saturated rings. The van der Waals surface area contributed by atoms with Crippen LogP contribution in [0.1, 0.15) is 27.4 Å². The number of ether oxygens (including phenoxy) is 1. The normalized spacial score (nSPS) is 17.4. The van der Waals surface area contributed by atoms with Gasteiger partial charge in [0.2, 0.25) is 5.91 Å². The van der Waals surface area contributed by atoms with Crippen molar-refractivity contribution in [2.45, 2.75) is 5.92 Å². The number of hydrogen-bond donors (Lipinski definition) is 2. The lowest BCUT2D eigenvalue weighted by atomic mass is 9.90. The Labute approximate surface area is 225 Å². The molecule has 2 N–H and O–H groups in total. The average Bonchev–Trinajstić information content (AvgIpc) is 3.27. The van der Waals surface area contributed by atoms with Crippen LogP contribution in [0.15, 0.2) is 71.7 Å². The number of anilines is 2. The predicted octanol–water partition coefficient (Wildman–Crippen LogP) is 4.25. The maximum atomic E-state index is 13.9. The third kappa shape index (κ3) is 5.65. The first kappa shape index (κ1) is 26.1. The van der Waals surface area contributed by atoms with E-state index in [1.807, 2.05) is 11.9 Å². The summed E-state index contributed by atoms with van der Waals surface area (Å²) in [5.41, 5.74) is 3.72. The van der Waals surface area contributed by atoms with Gasteiger partial charge in [-0.3, -0.25) is 19.9 Å². The van der Waals surface area contributed by atoms with Crippen LogP contribution in [0.3, 0.4) is 0 Å². The highest BCUT2D eigenvalue weighted by atomic mass is 19.1. The molecule has 0 saturated carbocycles. The molecule has 200 valence electrons. The van der Waals surface area contributed by atoms with Crippen LogP contribution in [0.2, 0.25) is 0 Å². The van der Waals surface area contributed by atoms with Gasteiger partial charge < -0.3 is 19.9 Å². The monoisotopic (exact) mass is 529 g/mol. The SMILES string of the molecule is COC(=O)Nc1ccc(C(=Nc2ccc(C(=O)N3CCN(C)CC3)cc2)C2C(=O)Nc3cc(F)ccc32)cc1. The highest BCUT2D eigenvalue weighted by Crippen LogP contribution is 2.37. The van der Waals surface area contributed by atoms with Crippen molar-refractivity contribution in [3.8, 4) is 0 Å². The molecule has 3 aromatic carbocycles. The van der Waals surface area contributed by atoms with Crippen molar-refractivity contribution in [1.82, 2.24) is 9.80 Å². The molecular weight excluding hydrogens is 501 g/mol. The van der Waals surface area contributed by atoms with Gasteiger partial charge in [-0.25, -0.2) is 9.18 Å². The molecule has 1 saturated heterocycles. The number of hydrogen-bond acceptors (Lipinski definition) is 6. The van der Waals surface area contributed by atoms with Crippen LogP contribution >= 0.6 is 0 Å². The van der Waals surface area contributed by atoms with Gasteiger partial charge in [-0.15, -0.1) is 0 Å².